The van der Waals surface area contributed by atoms with Crippen LogP contribution < -0.4 is 10.1 Å². The van der Waals surface area contributed by atoms with Gasteiger partial charge in [-0.25, -0.2) is 0 Å². The van der Waals surface area contributed by atoms with Crippen molar-refractivity contribution in [2.24, 2.45) is 5.92 Å². The number of piperazine rings is 1. The van der Waals surface area contributed by atoms with Crippen LogP contribution in [-0.4, -0.2) is 37.7 Å². The highest BCUT2D eigenvalue weighted by Gasteiger charge is 2.31. The standard InChI is InChI=1S/C17H24N2O/c1-2-13(1)11-16(19-8-6-18-7-9-19)14-3-4-17-15(12-14)5-10-20-17/h3-4,12-13,16,18H,1-2,5-11H2/t16-/m0/s1. The molecule has 2 heterocycles. The van der Waals surface area contributed by atoms with E-state index in [-0.39, 0.29) is 0 Å². The van der Waals surface area contributed by atoms with Crippen molar-refractivity contribution in [2.45, 2.75) is 31.7 Å². The largest absolute Gasteiger partial charge is 0.493 e. The zero-order valence-electron chi connectivity index (χ0n) is 12.1. The van der Waals surface area contributed by atoms with Gasteiger partial charge in [0, 0.05) is 38.6 Å². The van der Waals surface area contributed by atoms with Gasteiger partial charge in [0.1, 0.15) is 5.75 Å². The number of ether oxygens (including phenoxy) is 1. The van der Waals surface area contributed by atoms with Gasteiger partial charge in [0.05, 0.1) is 6.61 Å². The second kappa shape index (κ2) is 5.38. The summed E-state index contributed by atoms with van der Waals surface area (Å²) in [6.45, 7) is 5.50. The smallest absolute Gasteiger partial charge is 0.122 e. The Morgan fingerprint density at radius 2 is 2.10 bits per heavy atom. The summed E-state index contributed by atoms with van der Waals surface area (Å²) < 4.78 is 5.65. The first-order valence-electron chi connectivity index (χ1n) is 8.10. The average molecular weight is 272 g/mol. The number of hydrogen-bond acceptors (Lipinski definition) is 3. The lowest BCUT2D eigenvalue weighted by molar-refractivity contribution is 0.160. The molecule has 3 heteroatoms. The molecule has 20 heavy (non-hydrogen) atoms. The zero-order valence-corrected chi connectivity index (χ0v) is 12.1. The quantitative estimate of drug-likeness (QED) is 0.910. The third kappa shape index (κ3) is 2.57. The Labute approximate surface area is 121 Å². The van der Waals surface area contributed by atoms with Gasteiger partial charge in [0.15, 0.2) is 0 Å². The van der Waals surface area contributed by atoms with E-state index in [1.807, 2.05) is 0 Å². The van der Waals surface area contributed by atoms with Crippen molar-refractivity contribution in [3.63, 3.8) is 0 Å². The van der Waals surface area contributed by atoms with Crippen LogP contribution in [0.3, 0.4) is 0 Å². The fourth-order valence-corrected chi connectivity index (χ4v) is 3.57. The van der Waals surface area contributed by atoms with E-state index in [2.05, 4.69) is 28.4 Å². The van der Waals surface area contributed by atoms with Crippen LogP contribution in [0.15, 0.2) is 18.2 Å². The molecule has 0 aromatic heterocycles. The molecule has 4 rings (SSSR count). The van der Waals surface area contributed by atoms with Crippen molar-refractivity contribution in [3.8, 4) is 5.75 Å². The Balaban J connectivity index is 1.59. The lowest BCUT2D eigenvalue weighted by Gasteiger charge is -2.35. The van der Waals surface area contributed by atoms with Crippen molar-refractivity contribution >= 4 is 0 Å². The highest BCUT2D eigenvalue weighted by Crippen LogP contribution is 2.41. The zero-order chi connectivity index (χ0) is 13.4. The maximum absolute atomic E-state index is 5.65. The molecule has 1 aliphatic carbocycles. The SMILES string of the molecule is c1cc2c(cc1[C@H](CC1CC1)N1CCNCC1)CCO2. The topological polar surface area (TPSA) is 24.5 Å². The molecule has 1 aromatic rings. The molecule has 2 aliphatic heterocycles. The van der Waals surface area contributed by atoms with Gasteiger partial charge < -0.3 is 10.1 Å². The number of nitrogens with one attached hydrogen (secondary N) is 1. The number of fused-ring (bicyclic) bond motifs is 1. The van der Waals surface area contributed by atoms with E-state index in [1.54, 1.807) is 0 Å². The van der Waals surface area contributed by atoms with Crippen LogP contribution in [-0.2, 0) is 6.42 Å². The summed E-state index contributed by atoms with van der Waals surface area (Å²) in [7, 11) is 0. The molecule has 108 valence electrons. The number of hydrogen-bond donors (Lipinski definition) is 1. The van der Waals surface area contributed by atoms with Crippen molar-refractivity contribution in [1.82, 2.24) is 10.2 Å². The predicted octanol–water partition coefficient (Wildman–Crippen LogP) is 2.37. The normalized spacial score (nSPS) is 24.2. The molecule has 0 spiro atoms. The molecule has 1 N–H and O–H groups in total. The van der Waals surface area contributed by atoms with Crippen LogP contribution in [0.25, 0.3) is 0 Å². The van der Waals surface area contributed by atoms with E-state index in [9.17, 15) is 0 Å². The monoisotopic (exact) mass is 272 g/mol. The third-order valence-electron chi connectivity index (χ3n) is 4.94. The Morgan fingerprint density at radius 3 is 2.90 bits per heavy atom. The van der Waals surface area contributed by atoms with Crippen molar-refractivity contribution in [3.05, 3.63) is 29.3 Å². The van der Waals surface area contributed by atoms with Crippen molar-refractivity contribution in [1.29, 1.82) is 0 Å². The fraction of sp³-hybridized carbons (Fsp3) is 0.647. The summed E-state index contributed by atoms with van der Waals surface area (Å²) in [6, 6.07) is 7.53. The van der Waals surface area contributed by atoms with Gasteiger partial charge in [-0.15, -0.1) is 0 Å². The third-order valence-corrected chi connectivity index (χ3v) is 4.94. The van der Waals surface area contributed by atoms with Gasteiger partial charge in [-0.1, -0.05) is 25.0 Å². The Bertz CT molecular complexity index is 478. The molecule has 1 saturated heterocycles. The average Bonchev–Trinajstić information content (AvgIpc) is 3.20. The molecule has 1 atom stereocenters. The minimum absolute atomic E-state index is 0.621. The number of rotatable bonds is 4. The minimum atomic E-state index is 0.621. The van der Waals surface area contributed by atoms with Crippen molar-refractivity contribution < 1.29 is 4.74 Å². The van der Waals surface area contributed by atoms with E-state index >= 15 is 0 Å². The summed E-state index contributed by atoms with van der Waals surface area (Å²) in [6.07, 6.45) is 5.31. The molecule has 3 nitrogen and oxygen atoms in total. The molecule has 0 unspecified atom stereocenters. The molecule has 1 saturated carbocycles. The van der Waals surface area contributed by atoms with Gasteiger partial charge in [-0.2, -0.15) is 0 Å². The van der Waals surface area contributed by atoms with Gasteiger partial charge in [-0.3, -0.25) is 4.90 Å². The summed E-state index contributed by atoms with van der Waals surface area (Å²) in [5, 5.41) is 3.47. The highest BCUT2D eigenvalue weighted by molar-refractivity contribution is 5.41. The fourth-order valence-electron chi connectivity index (χ4n) is 3.57. The van der Waals surface area contributed by atoms with E-state index in [1.165, 1.54) is 43.5 Å². The van der Waals surface area contributed by atoms with Gasteiger partial charge >= 0.3 is 0 Å². The highest BCUT2D eigenvalue weighted by atomic mass is 16.5. The minimum Gasteiger partial charge on any atom is -0.493 e. The van der Waals surface area contributed by atoms with E-state index < -0.39 is 0 Å². The Hall–Kier alpha value is -1.06. The second-order valence-electron chi connectivity index (χ2n) is 6.45. The lowest BCUT2D eigenvalue weighted by Crippen LogP contribution is -2.45. The molecule has 1 aromatic carbocycles. The van der Waals surface area contributed by atoms with Crippen LogP contribution in [0.5, 0.6) is 5.75 Å². The first-order chi connectivity index (χ1) is 9.90. The predicted molar refractivity (Wildman–Crippen MR) is 80.2 cm³/mol. The Morgan fingerprint density at radius 1 is 1.25 bits per heavy atom. The Kier molecular flexibility index (Phi) is 3.41. The maximum Gasteiger partial charge on any atom is 0.122 e. The second-order valence-corrected chi connectivity index (χ2v) is 6.45. The van der Waals surface area contributed by atoms with Gasteiger partial charge in [0.2, 0.25) is 0 Å². The van der Waals surface area contributed by atoms with E-state index in [4.69, 9.17) is 4.74 Å². The summed E-state index contributed by atoms with van der Waals surface area (Å²) in [4.78, 5) is 2.69. The molecule has 0 bridgehead atoms. The van der Waals surface area contributed by atoms with Crippen LogP contribution in [0.2, 0.25) is 0 Å². The summed E-state index contributed by atoms with van der Waals surface area (Å²) >= 11 is 0. The first-order valence-corrected chi connectivity index (χ1v) is 8.10. The maximum atomic E-state index is 5.65. The molecule has 0 amide bonds. The van der Waals surface area contributed by atoms with E-state index in [0.717, 1.165) is 37.8 Å². The molecular formula is C17H24N2O. The van der Waals surface area contributed by atoms with Gasteiger partial charge in [-0.05, 0) is 29.5 Å². The summed E-state index contributed by atoms with van der Waals surface area (Å²) in [5.74, 6) is 2.08. The molecule has 0 radical (unpaired) electrons. The number of nitrogens with zero attached hydrogens (tertiary/aromatic N) is 1. The molecule has 2 fully saturated rings. The van der Waals surface area contributed by atoms with E-state index in [0.29, 0.717) is 6.04 Å². The lowest BCUT2D eigenvalue weighted by atomic mass is 9.96. The van der Waals surface area contributed by atoms with Crippen LogP contribution in [0.1, 0.15) is 36.4 Å². The van der Waals surface area contributed by atoms with Crippen LogP contribution in [0, 0.1) is 5.92 Å². The van der Waals surface area contributed by atoms with Gasteiger partial charge in [0.25, 0.3) is 0 Å². The number of benzene rings is 1. The molecule has 3 aliphatic rings. The first kappa shape index (κ1) is 12.7. The van der Waals surface area contributed by atoms with Crippen molar-refractivity contribution in [2.75, 3.05) is 32.8 Å². The van der Waals surface area contributed by atoms with Crippen LogP contribution in [0.4, 0.5) is 0 Å². The summed E-state index contributed by atoms with van der Waals surface area (Å²) in [5.41, 5.74) is 2.93. The molecular weight excluding hydrogens is 248 g/mol. The van der Waals surface area contributed by atoms with Crippen LogP contribution >= 0.6 is 0 Å².